The van der Waals surface area contributed by atoms with Crippen LogP contribution < -0.4 is 4.74 Å². The van der Waals surface area contributed by atoms with Crippen molar-refractivity contribution in [3.05, 3.63) is 42.0 Å². The molecule has 0 atom stereocenters. The SMILES string of the molecule is C/C=C\Cc1ccc(OCC(=O)O)cc1. The molecule has 0 spiro atoms. The molecule has 80 valence electrons. The molecule has 0 aliphatic rings. The van der Waals surface area contributed by atoms with Crippen LogP contribution in [0.3, 0.4) is 0 Å². The highest BCUT2D eigenvalue weighted by Gasteiger charge is 1.98. The van der Waals surface area contributed by atoms with Crippen LogP contribution in [-0.4, -0.2) is 17.7 Å². The van der Waals surface area contributed by atoms with Gasteiger partial charge in [-0.2, -0.15) is 0 Å². The minimum atomic E-state index is -0.965. The molecule has 0 saturated heterocycles. The summed E-state index contributed by atoms with van der Waals surface area (Å²) in [7, 11) is 0. The first-order chi connectivity index (χ1) is 7.22. The third-order valence-electron chi connectivity index (χ3n) is 1.87. The summed E-state index contributed by atoms with van der Waals surface area (Å²) in [6, 6.07) is 7.41. The second-order valence-corrected chi connectivity index (χ2v) is 3.10. The molecule has 0 saturated carbocycles. The molecular formula is C12H14O3. The van der Waals surface area contributed by atoms with Gasteiger partial charge in [-0.1, -0.05) is 24.3 Å². The van der Waals surface area contributed by atoms with E-state index in [-0.39, 0.29) is 6.61 Å². The average Bonchev–Trinajstić information content (AvgIpc) is 2.25. The van der Waals surface area contributed by atoms with E-state index in [9.17, 15) is 4.79 Å². The molecule has 3 heteroatoms. The fourth-order valence-corrected chi connectivity index (χ4v) is 1.12. The van der Waals surface area contributed by atoms with Crippen molar-refractivity contribution in [2.24, 2.45) is 0 Å². The van der Waals surface area contributed by atoms with Crippen molar-refractivity contribution in [3.8, 4) is 5.75 Å². The first kappa shape index (κ1) is 11.3. The van der Waals surface area contributed by atoms with E-state index in [1.165, 1.54) is 5.56 Å². The summed E-state index contributed by atoms with van der Waals surface area (Å²) < 4.78 is 5.01. The number of allylic oxidation sites excluding steroid dienone is 2. The Morgan fingerprint density at radius 2 is 2.07 bits per heavy atom. The van der Waals surface area contributed by atoms with Gasteiger partial charge in [-0.3, -0.25) is 0 Å². The van der Waals surface area contributed by atoms with E-state index in [2.05, 4.69) is 6.08 Å². The summed E-state index contributed by atoms with van der Waals surface area (Å²) in [5.74, 6) is -0.380. The van der Waals surface area contributed by atoms with Crippen molar-refractivity contribution in [2.45, 2.75) is 13.3 Å². The predicted molar refractivity (Wildman–Crippen MR) is 58.1 cm³/mol. The van der Waals surface area contributed by atoms with Crippen molar-refractivity contribution in [2.75, 3.05) is 6.61 Å². The van der Waals surface area contributed by atoms with Gasteiger partial charge < -0.3 is 9.84 Å². The summed E-state index contributed by atoms with van der Waals surface area (Å²) in [5, 5.41) is 8.41. The zero-order valence-electron chi connectivity index (χ0n) is 8.64. The molecule has 0 heterocycles. The van der Waals surface area contributed by atoms with E-state index in [0.29, 0.717) is 5.75 Å². The highest BCUT2D eigenvalue weighted by Crippen LogP contribution is 2.12. The quantitative estimate of drug-likeness (QED) is 0.752. The molecule has 0 radical (unpaired) electrons. The van der Waals surface area contributed by atoms with Gasteiger partial charge in [-0.15, -0.1) is 0 Å². The van der Waals surface area contributed by atoms with E-state index in [1.807, 2.05) is 25.1 Å². The van der Waals surface area contributed by atoms with Crippen molar-refractivity contribution in [1.29, 1.82) is 0 Å². The Morgan fingerprint density at radius 3 is 2.60 bits per heavy atom. The van der Waals surface area contributed by atoms with Crippen LogP contribution in [0.1, 0.15) is 12.5 Å². The molecule has 0 aliphatic carbocycles. The molecule has 0 amide bonds. The Balaban J connectivity index is 2.52. The normalized spacial score (nSPS) is 10.5. The molecule has 0 aromatic heterocycles. The van der Waals surface area contributed by atoms with Crippen LogP contribution >= 0.6 is 0 Å². The van der Waals surface area contributed by atoms with E-state index >= 15 is 0 Å². The predicted octanol–water partition coefficient (Wildman–Crippen LogP) is 2.27. The standard InChI is InChI=1S/C12H14O3/c1-2-3-4-10-5-7-11(8-6-10)15-9-12(13)14/h2-3,5-8H,4,9H2,1H3,(H,13,14)/b3-2-. The number of rotatable bonds is 5. The highest BCUT2D eigenvalue weighted by molar-refractivity contribution is 5.68. The summed E-state index contributed by atoms with van der Waals surface area (Å²) in [5.41, 5.74) is 1.18. The van der Waals surface area contributed by atoms with Crippen molar-refractivity contribution in [1.82, 2.24) is 0 Å². The van der Waals surface area contributed by atoms with Gasteiger partial charge >= 0.3 is 5.97 Å². The molecule has 1 rings (SSSR count). The molecule has 15 heavy (non-hydrogen) atoms. The second kappa shape index (κ2) is 5.86. The zero-order valence-corrected chi connectivity index (χ0v) is 8.64. The Morgan fingerprint density at radius 1 is 1.40 bits per heavy atom. The van der Waals surface area contributed by atoms with E-state index in [0.717, 1.165) is 6.42 Å². The van der Waals surface area contributed by atoms with Gasteiger partial charge in [0.05, 0.1) is 0 Å². The smallest absolute Gasteiger partial charge is 0.341 e. The Bertz CT molecular complexity index is 338. The highest BCUT2D eigenvalue weighted by atomic mass is 16.5. The molecular weight excluding hydrogens is 192 g/mol. The summed E-state index contributed by atoms with van der Waals surface area (Å²) in [4.78, 5) is 10.2. The molecule has 0 bridgehead atoms. The lowest BCUT2D eigenvalue weighted by atomic mass is 10.1. The number of ether oxygens (including phenoxy) is 1. The van der Waals surface area contributed by atoms with E-state index < -0.39 is 5.97 Å². The van der Waals surface area contributed by atoms with Gasteiger partial charge in [0.1, 0.15) is 5.75 Å². The summed E-state index contributed by atoms with van der Waals surface area (Å²) in [6.45, 7) is 1.68. The van der Waals surface area contributed by atoms with E-state index in [4.69, 9.17) is 9.84 Å². The number of hydrogen-bond donors (Lipinski definition) is 1. The van der Waals surface area contributed by atoms with Crippen LogP contribution in [0.25, 0.3) is 0 Å². The number of carbonyl (C=O) groups is 1. The van der Waals surface area contributed by atoms with Crippen molar-refractivity contribution >= 4 is 5.97 Å². The van der Waals surface area contributed by atoms with Gasteiger partial charge in [-0.05, 0) is 31.0 Å². The number of carboxylic acids is 1. The third kappa shape index (κ3) is 4.31. The summed E-state index contributed by atoms with van der Waals surface area (Å²) >= 11 is 0. The van der Waals surface area contributed by atoms with Gasteiger partial charge in [0.25, 0.3) is 0 Å². The van der Waals surface area contributed by atoms with Crippen LogP contribution in [0.2, 0.25) is 0 Å². The second-order valence-electron chi connectivity index (χ2n) is 3.10. The van der Waals surface area contributed by atoms with Gasteiger partial charge in [0, 0.05) is 0 Å². The fourth-order valence-electron chi connectivity index (χ4n) is 1.12. The Hall–Kier alpha value is -1.77. The molecule has 1 N–H and O–H groups in total. The monoisotopic (exact) mass is 206 g/mol. The van der Waals surface area contributed by atoms with Gasteiger partial charge in [0.15, 0.2) is 6.61 Å². The maximum Gasteiger partial charge on any atom is 0.341 e. The minimum Gasteiger partial charge on any atom is -0.482 e. The topological polar surface area (TPSA) is 46.5 Å². The fraction of sp³-hybridized carbons (Fsp3) is 0.250. The molecule has 0 unspecified atom stereocenters. The minimum absolute atomic E-state index is 0.297. The maximum absolute atomic E-state index is 10.2. The average molecular weight is 206 g/mol. The van der Waals surface area contributed by atoms with Gasteiger partial charge in [0.2, 0.25) is 0 Å². The number of hydrogen-bond acceptors (Lipinski definition) is 2. The van der Waals surface area contributed by atoms with Crippen molar-refractivity contribution in [3.63, 3.8) is 0 Å². The number of aliphatic carboxylic acids is 1. The van der Waals surface area contributed by atoms with Crippen molar-refractivity contribution < 1.29 is 14.6 Å². The Kier molecular flexibility index (Phi) is 4.41. The first-order valence-electron chi connectivity index (χ1n) is 4.77. The lowest BCUT2D eigenvalue weighted by Crippen LogP contribution is -2.09. The van der Waals surface area contributed by atoms with Crippen LogP contribution in [0.5, 0.6) is 5.75 Å². The zero-order chi connectivity index (χ0) is 11.1. The van der Waals surface area contributed by atoms with Crippen LogP contribution in [0.15, 0.2) is 36.4 Å². The van der Waals surface area contributed by atoms with Crippen LogP contribution in [0, 0.1) is 0 Å². The molecule has 1 aromatic carbocycles. The van der Waals surface area contributed by atoms with E-state index in [1.54, 1.807) is 12.1 Å². The number of benzene rings is 1. The molecule has 1 aromatic rings. The number of carboxylic acid groups (broad SMARTS) is 1. The molecule has 0 aliphatic heterocycles. The first-order valence-corrected chi connectivity index (χ1v) is 4.77. The largest absolute Gasteiger partial charge is 0.482 e. The maximum atomic E-state index is 10.2. The Labute approximate surface area is 89.0 Å². The van der Waals surface area contributed by atoms with Crippen LogP contribution in [0.4, 0.5) is 0 Å². The third-order valence-corrected chi connectivity index (χ3v) is 1.87. The molecule has 0 fully saturated rings. The van der Waals surface area contributed by atoms with Crippen LogP contribution in [-0.2, 0) is 11.2 Å². The lowest BCUT2D eigenvalue weighted by molar-refractivity contribution is -0.139. The van der Waals surface area contributed by atoms with Gasteiger partial charge in [-0.25, -0.2) is 4.79 Å². The summed E-state index contributed by atoms with van der Waals surface area (Å²) in [6.07, 6.45) is 4.94. The molecule has 3 nitrogen and oxygen atoms in total. The lowest BCUT2D eigenvalue weighted by Gasteiger charge is -2.03.